The fourth-order valence-corrected chi connectivity index (χ4v) is 1.42. The number of unbranched alkanes of at least 4 members (excludes halogenated alkanes) is 3. The van der Waals surface area contributed by atoms with Crippen molar-refractivity contribution in [1.82, 2.24) is 0 Å². The van der Waals surface area contributed by atoms with Crippen LogP contribution in [0.2, 0.25) is 0 Å². The molecule has 0 aromatic heterocycles. The first-order chi connectivity index (χ1) is 8.14. The van der Waals surface area contributed by atoms with Crippen LogP contribution in [0.4, 0.5) is 0 Å². The monoisotopic (exact) mass is 230 g/mol. The number of terminal acetylenes is 1. The molecule has 1 fully saturated rings. The summed E-state index contributed by atoms with van der Waals surface area (Å²) in [5.74, 6) is 13.7. The van der Waals surface area contributed by atoms with Crippen molar-refractivity contribution >= 4 is 0 Å². The van der Waals surface area contributed by atoms with Gasteiger partial charge in [-0.1, -0.05) is 11.8 Å². The number of hydrogen-bond acceptors (Lipinski definition) is 2. The Bertz CT molecular complexity index is 393. The molecule has 0 bridgehead atoms. The van der Waals surface area contributed by atoms with E-state index in [2.05, 4.69) is 29.6 Å². The van der Waals surface area contributed by atoms with E-state index in [1.165, 1.54) is 0 Å². The molecule has 17 heavy (non-hydrogen) atoms. The Labute approximate surface area is 104 Å². The van der Waals surface area contributed by atoms with Gasteiger partial charge in [-0.05, 0) is 38.5 Å². The van der Waals surface area contributed by atoms with Crippen molar-refractivity contribution in [2.45, 2.75) is 51.4 Å². The van der Waals surface area contributed by atoms with E-state index in [1.807, 2.05) is 13.8 Å². The third kappa shape index (κ3) is 6.03. The quantitative estimate of drug-likeness (QED) is 0.547. The maximum Gasteiger partial charge on any atom is 0.164 e. The Kier molecular flexibility index (Phi) is 5.65. The number of ether oxygens (including phenoxy) is 2. The lowest BCUT2D eigenvalue weighted by atomic mass is 10.2. The molecule has 90 valence electrons. The van der Waals surface area contributed by atoms with Gasteiger partial charge in [0.1, 0.15) is 6.10 Å². The summed E-state index contributed by atoms with van der Waals surface area (Å²) in [5, 5.41) is 0. The molecule has 1 aliphatic rings. The van der Waals surface area contributed by atoms with Crippen molar-refractivity contribution in [3.05, 3.63) is 0 Å². The van der Waals surface area contributed by atoms with E-state index in [4.69, 9.17) is 15.9 Å². The van der Waals surface area contributed by atoms with Gasteiger partial charge >= 0.3 is 0 Å². The van der Waals surface area contributed by atoms with Crippen LogP contribution in [-0.2, 0) is 9.47 Å². The van der Waals surface area contributed by atoms with Crippen LogP contribution in [0, 0.1) is 36.0 Å². The van der Waals surface area contributed by atoms with E-state index < -0.39 is 5.79 Å². The van der Waals surface area contributed by atoms with Crippen LogP contribution < -0.4 is 0 Å². The van der Waals surface area contributed by atoms with E-state index in [1.54, 1.807) is 0 Å². The molecular weight excluding hydrogens is 212 g/mol. The highest BCUT2D eigenvalue weighted by molar-refractivity contribution is 5.27. The maximum atomic E-state index is 5.52. The van der Waals surface area contributed by atoms with Crippen molar-refractivity contribution < 1.29 is 9.47 Å². The molecule has 1 saturated heterocycles. The zero-order chi connectivity index (χ0) is 12.6. The maximum absolute atomic E-state index is 5.52. The molecule has 0 saturated carbocycles. The summed E-state index contributed by atoms with van der Waals surface area (Å²) in [5.41, 5.74) is 0. The van der Waals surface area contributed by atoms with Crippen molar-refractivity contribution in [2.75, 3.05) is 6.61 Å². The fourth-order valence-electron chi connectivity index (χ4n) is 1.42. The predicted molar refractivity (Wildman–Crippen MR) is 67.8 cm³/mol. The molecule has 2 nitrogen and oxygen atoms in total. The van der Waals surface area contributed by atoms with Crippen molar-refractivity contribution in [3.8, 4) is 36.0 Å². The van der Waals surface area contributed by atoms with Crippen LogP contribution in [0.15, 0.2) is 0 Å². The summed E-state index contributed by atoms with van der Waals surface area (Å²) in [7, 11) is 0. The van der Waals surface area contributed by atoms with E-state index in [0.29, 0.717) is 6.61 Å². The summed E-state index contributed by atoms with van der Waals surface area (Å²) < 4.78 is 10.9. The summed E-state index contributed by atoms with van der Waals surface area (Å²) >= 11 is 0. The summed E-state index contributed by atoms with van der Waals surface area (Å²) in [6.07, 6.45) is 8.75. The largest absolute Gasteiger partial charge is 0.347 e. The lowest BCUT2D eigenvalue weighted by Crippen LogP contribution is -2.20. The van der Waals surface area contributed by atoms with E-state index in [9.17, 15) is 0 Å². The van der Waals surface area contributed by atoms with Crippen molar-refractivity contribution in [3.63, 3.8) is 0 Å². The van der Waals surface area contributed by atoms with Crippen LogP contribution >= 0.6 is 0 Å². The van der Waals surface area contributed by atoms with Gasteiger partial charge < -0.3 is 9.47 Å². The normalized spacial score (nSPS) is 20.6. The average molecular weight is 230 g/mol. The van der Waals surface area contributed by atoms with Gasteiger partial charge in [-0.15, -0.1) is 12.3 Å². The molecule has 1 rings (SSSR count). The van der Waals surface area contributed by atoms with Gasteiger partial charge in [0.05, 0.1) is 6.61 Å². The zero-order valence-corrected chi connectivity index (χ0v) is 10.5. The van der Waals surface area contributed by atoms with Crippen LogP contribution in [0.1, 0.15) is 39.5 Å². The molecular formula is C15H18O2. The molecule has 0 N–H and O–H groups in total. The van der Waals surface area contributed by atoms with Gasteiger partial charge in [0.25, 0.3) is 0 Å². The molecule has 1 aliphatic heterocycles. The van der Waals surface area contributed by atoms with Gasteiger partial charge in [-0.3, -0.25) is 0 Å². The van der Waals surface area contributed by atoms with Gasteiger partial charge in [-0.25, -0.2) is 0 Å². The molecule has 0 unspecified atom stereocenters. The predicted octanol–water partition coefficient (Wildman–Crippen LogP) is 2.34. The first-order valence-corrected chi connectivity index (χ1v) is 5.88. The first-order valence-electron chi connectivity index (χ1n) is 5.88. The third-order valence-corrected chi connectivity index (χ3v) is 2.27. The molecule has 1 atom stereocenters. The highest BCUT2D eigenvalue weighted by atomic mass is 16.7. The molecule has 0 radical (unpaired) electrons. The smallest absolute Gasteiger partial charge is 0.164 e. The fraction of sp³-hybridized carbons (Fsp3) is 0.600. The second-order valence-electron chi connectivity index (χ2n) is 4.30. The third-order valence-electron chi connectivity index (χ3n) is 2.27. The molecule has 1 heterocycles. The molecule has 0 spiro atoms. The highest BCUT2D eigenvalue weighted by Gasteiger charge is 2.31. The second-order valence-corrected chi connectivity index (χ2v) is 4.30. The number of hydrogen-bond donors (Lipinski definition) is 0. The lowest BCUT2D eigenvalue weighted by Gasteiger charge is -2.14. The average Bonchev–Trinajstić information content (AvgIpc) is 2.62. The van der Waals surface area contributed by atoms with Crippen LogP contribution in [0.5, 0.6) is 0 Å². The number of rotatable bonds is 3. The minimum absolute atomic E-state index is 0.152. The topological polar surface area (TPSA) is 18.5 Å². The van der Waals surface area contributed by atoms with E-state index >= 15 is 0 Å². The SMILES string of the molecule is C#CCCCCC#CC#C[C@H]1COC(C)(C)O1. The van der Waals surface area contributed by atoms with Crippen molar-refractivity contribution in [1.29, 1.82) is 0 Å². The Morgan fingerprint density at radius 2 is 2.00 bits per heavy atom. The van der Waals surface area contributed by atoms with Gasteiger partial charge in [0.15, 0.2) is 5.79 Å². The Hall–Kier alpha value is -1.40. The minimum atomic E-state index is -0.512. The molecule has 0 aliphatic carbocycles. The van der Waals surface area contributed by atoms with Crippen molar-refractivity contribution in [2.24, 2.45) is 0 Å². The zero-order valence-electron chi connectivity index (χ0n) is 10.5. The lowest BCUT2D eigenvalue weighted by molar-refractivity contribution is -0.132. The van der Waals surface area contributed by atoms with E-state index in [-0.39, 0.29) is 6.10 Å². The Balaban J connectivity index is 2.19. The summed E-state index contributed by atoms with van der Waals surface area (Å²) in [4.78, 5) is 0. The molecule has 0 aromatic rings. The Morgan fingerprint density at radius 3 is 2.65 bits per heavy atom. The van der Waals surface area contributed by atoms with Gasteiger partial charge in [0.2, 0.25) is 0 Å². The standard InChI is InChI=1S/C15H18O2/c1-4-5-6-7-8-9-10-11-12-14-13-16-15(2,3)17-14/h1,14H,5-8,13H2,2-3H3/t14-/m0/s1. The minimum Gasteiger partial charge on any atom is -0.347 e. The van der Waals surface area contributed by atoms with Crippen LogP contribution in [0.3, 0.4) is 0 Å². The van der Waals surface area contributed by atoms with Crippen LogP contribution in [0.25, 0.3) is 0 Å². The van der Waals surface area contributed by atoms with Gasteiger partial charge in [-0.2, -0.15) is 0 Å². The Morgan fingerprint density at radius 1 is 1.24 bits per heavy atom. The first kappa shape index (κ1) is 13.7. The summed E-state index contributed by atoms with van der Waals surface area (Å²) in [6.45, 7) is 4.28. The molecule has 2 heteroatoms. The summed E-state index contributed by atoms with van der Waals surface area (Å²) in [6, 6.07) is 0. The second kappa shape index (κ2) is 7.03. The molecule has 0 amide bonds. The van der Waals surface area contributed by atoms with Gasteiger partial charge in [0, 0.05) is 12.8 Å². The highest BCUT2D eigenvalue weighted by Crippen LogP contribution is 2.21. The molecule has 0 aromatic carbocycles. The van der Waals surface area contributed by atoms with Crippen LogP contribution in [-0.4, -0.2) is 18.5 Å². The van der Waals surface area contributed by atoms with E-state index in [0.717, 1.165) is 25.7 Å².